The van der Waals surface area contributed by atoms with Gasteiger partial charge in [-0.25, -0.2) is 9.37 Å². The second-order valence-electron chi connectivity index (χ2n) is 10.4. The molecule has 2 aromatic carbocycles. The Bertz CT molecular complexity index is 1420. The molecule has 2 fully saturated rings. The molecular weight excluding hydrogens is 501 g/mol. The van der Waals surface area contributed by atoms with Crippen molar-refractivity contribution < 1.29 is 4.39 Å². The van der Waals surface area contributed by atoms with Crippen molar-refractivity contribution in [3.63, 3.8) is 0 Å². The van der Waals surface area contributed by atoms with E-state index in [4.69, 9.17) is 11.6 Å². The van der Waals surface area contributed by atoms with Gasteiger partial charge in [-0.2, -0.15) is 9.61 Å². The number of aromatic nitrogens is 3. The summed E-state index contributed by atoms with van der Waals surface area (Å²) in [5.74, 6) is 0.445. The third-order valence-electron chi connectivity index (χ3n) is 8.04. The third kappa shape index (κ3) is 4.84. The van der Waals surface area contributed by atoms with Crippen LogP contribution in [-0.4, -0.2) is 83.8 Å². The van der Waals surface area contributed by atoms with Crippen molar-refractivity contribution in [3.05, 3.63) is 71.8 Å². The number of halogens is 2. The van der Waals surface area contributed by atoms with E-state index in [1.54, 1.807) is 23.0 Å². The maximum absolute atomic E-state index is 15.8. The average molecular weight is 534 g/mol. The molecule has 7 nitrogen and oxygen atoms in total. The first kappa shape index (κ1) is 25.1. The molecule has 0 atom stereocenters. The highest BCUT2D eigenvalue weighted by molar-refractivity contribution is 6.30. The first-order valence-electron chi connectivity index (χ1n) is 13.3. The molecule has 2 aromatic heterocycles. The van der Waals surface area contributed by atoms with E-state index in [9.17, 15) is 0 Å². The first-order chi connectivity index (χ1) is 18.5. The third-order valence-corrected chi connectivity index (χ3v) is 8.27. The van der Waals surface area contributed by atoms with E-state index in [1.165, 1.54) is 12.8 Å². The van der Waals surface area contributed by atoms with Gasteiger partial charge in [0.1, 0.15) is 11.6 Å². The molecule has 6 rings (SSSR count). The molecule has 0 spiro atoms. The van der Waals surface area contributed by atoms with Crippen molar-refractivity contribution in [1.29, 1.82) is 0 Å². The summed E-state index contributed by atoms with van der Waals surface area (Å²) >= 11 is 6.35. The average Bonchev–Trinajstić information content (AvgIpc) is 3.42. The van der Waals surface area contributed by atoms with Crippen molar-refractivity contribution in [2.24, 2.45) is 0 Å². The summed E-state index contributed by atoms with van der Waals surface area (Å²) in [4.78, 5) is 13.7. The van der Waals surface area contributed by atoms with Gasteiger partial charge in [0.2, 0.25) is 0 Å². The Hall–Kier alpha value is -3.20. The van der Waals surface area contributed by atoms with Gasteiger partial charge in [0.05, 0.1) is 11.9 Å². The molecule has 4 heterocycles. The van der Waals surface area contributed by atoms with Crippen LogP contribution in [0.15, 0.2) is 60.9 Å². The first-order valence-corrected chi connectivity index (χ1v) is 13.7. The Morgan fingerprint density at radius 2 is 1.74 bits per heavy atom. The zero-order chi connectivity index (χ0) is 26.2. The molecule has 2 saturated heterocycles. The molecule has 9 heteroatoms. The van der Waals surface area contributed by atoms with Gasteiger partial charge in [-0.1, -0.05) is 23.7 Å². The van der Waals surface area contributed by atoms with Crippen molar-refractivity contribution in [2.75, 3.05) is 63.2 Å². The second-order valence-corrected chi connectivity index (χ2v) is 10.8. The highest BCUT2D eigenvalue weighted by Crippen LogP contribution is 2.39. The van der Waals surface area contributed by atoms with Crippen LogP contribution in [0.5, 0.6) is 0 Å². The maximum Gasteiger partial charge on any atom is 0.157 e. The van der Waals surface area contributed by atoms with Gasteiger partial charge in [0.15, 0.2) is 5.65 Å². The Morgan fingerprint density at radius 3 is 2.50 bits per heavy atom. The Balaban J connectivity index is 1.35. The molecule has 0 saturated carbocycles. The molecule has 38 heavy (non-hydrogen) atoms. The van der Waals surface area contributed by atoms with Crippen LogP contribution in [0.25, 0.3) is 16.8 Å². The van der Waals surface area contributed by atoms with Crippen LogP contribution in [-0.2, 0) is 0 Å². The number of benzene rings is 2. The predicted octanol–water partition coefficient (Wildman–Crippen LogP) is 5.17. The topological polar surface area (TPSA) is 43.2 Å². The van der Waals surface area contributed by atoms with E-state index in [0.29, 0.717) is 16.8 Å². The standard InChI is InChI=1S/C29H33ClFN7/c1-34-12-8-23(9-13-34)36-14-16-37(17-15-36)26-20-27(25(31)19-24(26)21-4-3-5-22(30)18-21)35(2)29-7-10-32-28-6-11-33-38(28)29/h3-7,10-11,18-20,23H,8-9,12-17H2,1-2H3. The van der Waals surface area contributed by atoms with Gasteiger partial charge >= 0.3 is 0 Å². The molecule has 4 aromatic rings. The van der Waals surface area contributed by atoms with E-state index in [1.807, 2.05) is 54.4 Å². The molecule has 2 aliphatic rings. The zero-order valence-corrected chi connectivity index (χ0v) is 22.7. The second kappa shape index (κ2) is 10.5. The molecule has 0 bridgehead atoms. The number of piperazine rings is 1. The number of anilines is 3. The predicted molar refractivity (Wildman–Crippen MR) is 152 cm³/mol. The minimum atomic E-state index is -0.298. The van der Waals surface area contributed by atoms with Gasteiger partial charge in [-0.05, 0) is 68.9 Å². The number of piperidine rings is 1. The van der Waals surface area contributed by atoms with Gasteiger partial charge < -0.3 is 14.7 Å². The summed E-state index contributed by atoms with van der Waals surface area (Å²) in [5.41, 5.74) is 4.00. The van der Waals surface area contributed by atoms with E-state index in [-0.39, 0.29) is 5.82 Å². The van der Waals surface area contributed by atoms with Crippen molar-refractivity contribution in [1.82, 2.24) is 24.4 Å². The van der Waals surface area contributed by atoms with Crippen LogP contribution in [0.1, 0.15) is 12.8 Å². The monoisotopic (exact) mass is 533 g/mol. The maximum atomic E-state index is 15.8. The fourth-order valence-electron chi connectivity index (χ4n) is 5.84. The lowest BCUT2D eigenvalue weighted by Crippen LogP contribution is -2.53. The quantitative estimate of drug-likeness (QED) is 0.352. The molecule has 0 aliphatic carbocycles. The zero-order valence-electron chi connectivity index (χ0n) is 21.9. The van der Waals surface area contributed by atoms with Crippen LogP contribution >= 0.6 is 11.6 Å². The van der Waals surface area contributed by atoms with Crippen LogP contribution in [0.3, 0.4) is 0 Å². The van der Waals surface area contributed by atoms with Crippen molar-refractivity contribution in [2.45, 2.75) is 18.9 Å². The smallest absolute Gasteiger partial charge is 0.157 e. The summed E-state index contributed by atoms with van der Waals surface area (Å²) in [6.07, 6.45) is 5.88. The number of hydrogen-bond donors (Lipinski definition) is 0. The van der Waals surface area contributed by atoms with Gasteiger partial charge in [0, 0.05) is 67.8 Å². The lowest BCUT2D eigenvalue weighted by Gasteiger charge is -2.43. The Kier molecular flexibility index (Phi) is 6.95. The Labute approximate surface area is 228 Å². The minimum absolute atomic E-state index is 0.298. The SMILES string of the molecule is CN1CCC(N2CCN(c3cc(N(C)c4ccnc5ccnn45)c(F)cc3-c3cccc(Cl)c3)CC2)CC1. The van der Waals surface area contributed by atoms with Crippen LogP contribution < -0.4 is 9.80 Å². The summed E-state index contributed by atoms with van der Waals surface area (Å²) in [7, 11) is 4.08. The van der Waals surface area contributed by atoms with Gasteiger partial charge in [0.25, 0.3) is 0 Å². The Morgan fingerprint density at radius 1 is 0.947 bits per heavy atom. The van der Waals surface area contributed by atoms with Crippen LogP contribution in [0.2, 0.25) is 5.02 Å². The number of likely N-dealkylation sites (tertiary alicyclic amines) is 1. The highest BCUT2D eigenvalue weighted by atomic mass is 35.5. The van der Waals surface area contributed by atoms with E-state index < -0.39 is 0 Å². The molecule has 0 amide bonds. The summed E-state index contributed by atoms with van der Waals surface area (Å²) < 4.78 is 17.6. The normalized spacial score (nSPS) is 17.8. The lowest BCUT2D eigenvalue weighted by molar-refractivity contribution is 0.115. The summed E-state index contributed by atoms with van der Waals surface area (Å²) in [5, 5.41) is 5.03. The van der Waals surface area contributed by atoms with Crippen LogP contribution in [0, 0.1) is 5.82 Å². The number of fused-ring (bicyclic) bond motifs is 1. The van der Waals surface area contributed by atoms with E-state index in [0.717, 1.165) is 67.5 Å². The number of nitrogens with zero attached hydrogens (tertiary/aromatic N) is 7. The molecule has 0 N–H and O–H groups in total. The van der Waals surface area contributed by atoms with E-state index in [2.05, 4.69) is 31.8 Å². The highest BCUT2D eigenvalue weighted by Gasteiger charge is 2.28. The molecule has 198 valence electrons. The van der Waals surface area contributed by atoms with Crippen molar-refractivity contribution >= 4 is 34.4 Å². The van der Waals surface area contributed by atoms with Crippen LogP contribution in [0.4, 0.5) is 21.6 Å². The fraction of sp³-hybridized carbons (Fsp3) is 0.379. The largest absolute Gasteiger partial charge is 0.368 e. The van der Waals surface area contributed by atoms with Gasteiger partial charge in [-0.15, -0.1) is 0 Å². The number of hydrogen-bond acceptors (Lipinski definition) is 6. The molecule has 2 aliphatic heterocycles. The number of rotatable bonds is 5. The molecule has 0 unspecified atom stereocenters. The van der Waals surface area contributed by atoms with E-state index >= 15 is 4.39 Å². The summed E-state index contributed by atoms with van der Waals surface area (Å²) in [6, 6.07) is 15.6. The van der Waals surface area contributed by atoms with Gasteiger partial charge in [-0.3, -0.25) is 4.90 Å². The molecule has 0 radical (unpaired) electrons. The lowest BCUT2D eigenvalue weighted by atomic mass is 10.00. The minimum Gasteiger partial charge on any atom is -0.368 e. The van der Waals surface area contributed by atoms with Crippen molar-refractivity contribution in [3.8, 4) is 11.1 Å². The summed E-state index contributed by atoms with van der Waals surface area (Å²) in [6.45, 7) is 6.13. The fourth-order valence-corrected chi connectivity index (χ4v) is 6.03. The molecular formula is C29H33ClFN7.